The first-order valence-corrected chi connectivity index (χ1v) is 13.6. The van der Waals surface area contributed by atoms with E-state index >= 15 is 0 Å². The molecule has 0 saturated heterocycles. The molecular formula is C33H38O5. The van der Waals surface area contributed by atoms with Crippen LogP contribution in [0.15, 0.2) is 60.7 Å². The smallest absolute Gasteiger partial charge is 0.333 e. The van der Waals surface area contributed by atoms with Gasteiger partial charge in [-0.1, -0.05) is 81.0 Å². The van der Waals surface area contributed by atoms with E-state index in [1.807, 2.05) is 24.3 Å². The average Bonchev–Trinajstić information content (AvgIpc) is 3.08. The van der Waals surface area contributed by atoms with Gasteiger partial charge in [-0.05, 0) is 70.8 Å². The molecule has 0 amide bonds. The third-order valence-electron chi connectivity index (χ3n) is 6.88. The number of carbonyl (C=O) groups is 1. The third kappa shape index (κ3) is 6.91. The Labute approximate surface area is 226 Å². The van der Waals surface area contributed by atoms with E-state index in [9.17, 15) is 9.90 Å². The van der Waals surface area contributed by atoms with Gasteiger partial charge < -0.3 is 19.3 Å². The summed E-state index contributed by atoms with van der Waals surface area (Å²) in [7, 11) is 0. The van der Waals surface area contributed by atoms with Crippen molar-refractivity contribution in [3.05, 3.63) is 99.6 Å². The SMILES string of the molecule is CCCc1ccc2c(c1)C=Cc1cc(CC)ccc1C2OCCOc1ccc(CC(OCC)C(=O)O)cc1. The van der Waals surface area contributed by atoms with Crippen LogP contribution in [0.4, 0.5) is 0 Å². The van der Waals surface area contributed by atoms with Crippen LogP contribution in [-0.2, 0) is 33.5 Å². The van der Waals surface area contributed by atoms with Crippen LogP contribution in [0.25, 0.3) is 12.2 Å². The van der Waals surface area contributed by atoms with Crippen LogP contribution >= 0.6 is 0 Å². The Morgan fingerprint density at radius 2 is 1.47 bits per heavy atom. The van der Waals surface area contributed by atoms with E-state index < -0.39 is 12.1 Å². The molecule has 4 rings (SSSR count). The zero-order chi connectivity index (χ0) is 26.9. The number of ether oxygens (including phenoxy) is 3. The van der Waals surface area contributed by atoms with Crippen LogP contribution in [0, 0.1) is 0 Å². The van der Waals surface area contributed by atoms with Crippen LogP contribution < -0.4 is 4.74 Å². The van der Waals surface area contributed by atoms with Crippen LogP contribution in [0.5, 0.6) is 5.75 Å². The predicted molar refractivity (Wildman–Crippen MR) is 152 cm³/mol. The fourth-order valence-electron chi connectivity index (χ4n) is 4.89. The zero-order valence-electron chi connectivity index (χ0n) is 22.6. The second kappa shape index (κ2) is 13.4. The molecule has 5 heteroatoms. The van der Waals surface area contributed by atoms with Gasteiger partial charge in [0.15, 0.2) is 6.10 Å². The Bertz CT molecular complexity index is 1240. The van der Waals surface area contributed by atoms with Crippen LogP contribution in [0.3, 0.4) is 0 Å². The Morgan fingerprint density at radius 1 is 0.842 bits per heavy atom. The van der Waals surface area contributed by atoms with Crippen molar-refractivity contribution in [1.82, 2.24) is 0 Å². The first-order chi connectivity index (χ1) is 18.5. The second-order valence-corrected chi connectivity index (χ2v) is 9.59. The number of benzene rings is 3. The van der Waals surface area contributed by atoms with Crippen LogP contribution in [0.1, 0.15) is 72.2 Å². The van der Waals surface area contributed by atoms with E-state index in [0.717, 1.165) is 30.6 Å². The summed E-state index contributed by atoms with van der Waals surface area (Å²) >= 11 is 0. The standard InChI is InChI=1S/C33H38O5/c1-4-7-24-11-17-30-27(21-24)13-12-26-20-23(5-2)10-16-29(26)32(30)38-19-18-37-28-14-8-25(9-15-28)22-31(33(34)35)36-6-3/h8-17,20-21,31-32H,4-7,18-19,22H2,1-3H3,(H,34,35). The maximum Gasteiger partial charge on any atom is 0.333 e. The molecule has 3 aromatic rings. The van der Waals surface area contributed by atoms with E-state index in [2.05, 4.69) is 62.4 Å². The van der Waals surface area contributed by atoms with Gasteiger partial charge in [0.05, 0.1) is 6.61 Å². The first-order valence-electron chi connectivity index (χ1n) is 13.6. The van der Waals surface area contributed by atoms with Crippen molar-refractivity contribution in [3.63, 3.8) is 0 Å². The highest BCUT2D eigenvalue weighted by Crippen LogP contribution is 2.36. The molecule has 0 bridgehead atoms. The van der Waals surface area contributed by atoms with Gasteiger partial charge in [0, 0.05) is 13.0 Å². The number of fused-ring (bicyclic) bond motifs is 2. The zero-order valence-corrected chi connectivity index (χ0v) is 22.6. The Morgan fingerprint density at radius 3 is 2.08 bits per heavy atom. The molecule has 0 radical (unpaired) electrons. The van der Waals surface area contributed by atoms with Gasteiger partial charge in [-0.3, -0.25) is 0 Å². The molecule has 0 saturated carbocycles. The van der Waals surface area contributed by atoms with Crippen molar-refractivity contribution in [2.75, 3.05) is 19.8 Å². The number of carboxylic acids is 1. The van der Waals surface area contributed by atoms with Gasteiger partial charge in [0.25, 0.3) is 0 Å². The van der Waals surface area contributed by atoms with Crippen molar-refractivity contribution in [3.8, 4) is 5.75 Å². The van der Waals surface area contributed by atoms with Crippen LogP contribution in [-0.4, -0.2) is 37.0 Å². The largest absolute Gasteiger partial charge is 0.491 e. The summed E-state index contributed by atoms with van der Waals surface area (Å²) in [6, 6.07) is 20.9. The highest BCUT2D eigenvalue weighted by molar-refractivity contribution is 5.77. The molecule has 2 atom stereocenters. The molecule has 38 heavy (non-hydrogen) atoms. The highest BCUT2D eigenvalue weighted by Gasteiger charge is 2.23. The Balaban J connectivity index is 1.43. The van der Waals surface area contributed by atoms with Crippen molar-refractivity contribution in [2.24, 2.45) is 0 Å². The van der Waals surface area contributed by atoms with Crippen molar-refractivity contribution in [1.29, 1.82) is 0 Å². The van der Waals surface area contributed by atoms with E-state index in [-0.39, 0.29) is 6.10 Å². The molecule has 1 aliphatic rings. The van der Waals surface area contributed by atoms with Gasteiger partial charge in [0.1, 0.15) is 18.5 Å². The third-order valence-corrected chi connectivity index (χ3v) is 6.88. The minimum Gasteiger partial charge on any atom is -0.491 e. The molecule has 2 unspecified atom stereocenters. The van der Waals surface area contributed by atoms with Gasteiger partial charge in [-0.2, -0.15) is 0 Å². The van der Waals surface area contributed by atoms with Gasteiger partial charge >= 0.3 is 5.97 Å². The maximum atomic E-state index is 11.4. The average molecular weight is 515 g/mol. The monoisotopic (exact) mass is 514 g/mol. The van der Waals surface area contributed by atoms with Crippen molar-refractivity contribution < 1.29 is 24.1 Å². The number of hydrogen-bond donors (Lipinski definition) is 1. The summed E-state index contributed by atoms with van der Waals surface area (Å²) in [6.45, 7) is 7.38. The normalized spacial score (nSPS) is 14.9. The topological polar surface area (TPSA) is 65.0 Å². The quantitative estimate of drug-likeness (QED) is 0.251. The first kappa shape index (κ1) is 27.6. The van der Waals surface area contributed by atoms with Gasteiger partial charge in [-0.15, -0.1) is 0 Å². The van der Waals surface area contributed by atoms with Crippen LogP contribution in [0.2, 0.25) is 0 Å². The van der Waals surface area contributed by atoms with Crippen molar-refractivity contribution >= 4 is 18.1 Å². The molecule has 0 aromatic heterocycles. The summed E-state index contributed by atoms with van der Waals surface area (Å²) in [5.74, 6) is -0.227. The molecule has 0 fully saturated rings. The maximum absolute atomic E-state index is 11.4. The highest BCUT2D eigenvalue weighted by atomic mass is 16.5. The van der Waals surface area contributed by atoms with E-state index in [1.165, 1.54) is 33.4 Å². The molecule has 3 aromatic carbocycles. The molecule has 0 aliphatic heterocycles. The summed E-state index contributed by atoms with van der Waals surface area (Å²) in [6.07, 6.45) is 6.92. The van der Waals surface area contributed by atoms with Crippen molar-refractivity contribution in [2.45, 2.75) is 58.7 Å². The molecule has 0 heterocycles. The van der Waals surface area contributed by atoms with Gasteiger partial charge in [-0.25, -0.2) is 4.79 Å². The minimum absolute atomic E-state index is 0.172. The fraction of sp³-hybridized carbons (Fsp3) is 0.364. The second-order valence-electron chi connectivity index (χ2n) is 9.59. The summed E-state index contributed by atoms with van der Waals surface area (Å²) in [5, 5.41) is 9.31. The molecule has 1 aliphatic carbocycles. The van der Waals surface area contributed by atoms with E-state index in [4.69, 9.17) is 14.2 Å². The lowest BCUT2D eigenvalue weighted by Crippen LogP contribution is -2.26. The summed E-state index contributed by atoms with van der Waals surface area (Å²) in [4.78, 5) is 11.4. The lowest BCUT2D eigenvalue weighted by Gasteiger charge is -2.22. The number of carboxylic acid groups (broad SMARTS) is 1. The lowest BCUT2D eigenvalue weighted by molar-refractivity contribution is -0.149. The number of aliphatic carboxylic acids is 1. The number of hydrogen-bond acceptors (Lipinski definition) is 4. The molecule has 0 spiro atoms. The minimum atomic E-state index is -0.950. The molecule has 1 N–H and O–H groups in total. The lowest BCUT2D eigenvalue weighted by atomic mass is 9.93. The van der Waals surface area contributed by atoms with E-state index in [0.29, 0.717) is 26.2 Å². The number of rotatable bonds is 13. The molecular weight excluding hydrogens is 476 g/mol. The predicted octanol–water partition coefficient (Wildman–Crippen LogP) is 6.90. The number of aryl methyl sites for hydroxylation is 2. The van der Waals surface area contributed by atoms with E-state index in [1.54, 1.807) is 6.92 Å². The van der Waals surface area contributed by atoms with Gasteiger partial charge in [0.2, 0.25) is 0 Å². The fourth-order valence-corrected chi connectivity index (χ4v) is 4.89. The summed E-state index contributed by atoms with van der Waals surface area (Å²) in [5.41, 5.74) is 8.31. The molecule has 5 nitrogen and oxygen atoms in total. The Kier molecular flexibility index (Phi) is 9.74. The summed E-state index contributed by atoms with van der Waals surface area (Å²) < 4.78 is 17.8. The molecule has 200 valence electrons. The Hall–Kier alpha value is -3.41.